The van der Waals surface area contributed by atoms with Gasteiger partial charge in [0, 0.05) is 26.6 Å². The van der Waals surface area contributed by atoms with E-state index in [1.165, 1.54) is 27.6 Å². The van der Waals surface area contributed by atoms with Crippen molar-refractivity contribution in [2.24, 2.45) is 0 Å². The zero-order valence-electron chi connectivity index (χ0n) is 10.4. The molecule has 0 saturated heterocycles. The Hall–Kier alpha value is -1.54. The van der Waals surface area contributed by atoms with E-state index in [4.69, 9.17) is 0 Å². The highest BCUT2D eigenvalue weighted by Gasteiger charge is 2.08. The van der Waals surface area contributed by atoms with Crippen LogP contribution in [0.2, 0.25) is 0 Å². The SMILES string of the molecule is Cc1cc(C)c2[nH]c(-c3ccccc3Br)cc2c1. The summed E-state index contributed by atoms with van der Waals surface area (Å²) in [7, 11) is 0. The third kappa shape index (κ3) is 1.87. The number of rotatable bonds is 1. The summed E-state index contributed by atoms with van der Waals surface area (Å²) in [5.74, 6) is 0. The first-order valence-corrected chi connectivity index (χ1v) is 6.79. The summed E-state index contributed by atoms with van der Waals surface area (Å²) in [6.45, 7) is 4.28. The second-order valence-electron chi connectivity index (χ2n) is 4.71. The Bertz CT molecular complexity index is 725. The van der Waals surface area contributed by atoms with Crippen LogP contribution in [-0.2, 0) is 0 Å². The number of benzene rings is 2. The minimum Gasteiger partial charge on any atom is -0.354 e. The maximum atomic E-state index is 3.60. The van der Waals surface area contributed by atoms with Gasteiger partial charge in [-0.15, -0.1) is 0 Å². The molecule has 0 atom stereocenters. The van der Waals surface area contributed by atoms with Crippen molar-refractivity contribution >= 4 is 26.8 Å². The van der Waals surface area contributed by atoms with Crippen molar-refractivity contribution in [2.75, 3.05) is 0 Å². The largest absolute Gasteiger partial charge is 0.354 e. The number of aromatic nitrogens is 1. The fraction of sp³-hybridized carbons (Fsp3) is 0.125. The Kier molecular flexibility index (Phi) is 2.75. The standard InChI is InChI=1S/C16H14BrN/c1-10-7-11(2)16-12(8-10)9-15(18-16)13-5-3-4-6-14(13)17/h3-9,18H,1-2H3. The highest BCUT2D eigenvalue weighted by molar-refractivity contribution is 9.10. The first-order valence-electron chi connectivity index (χ1n) is 6.00. The molecule has 0 unspecified atom stereocenters. The summed E-state index contributed by atoms with van der Waals surface area (Å²) >= 11 is 3.60. The third-order valence-corrected chi connectivity index (χ3v) is 3.93. The van der Waals surface area contributed by atoms with Crippen molar-refractivity contribution in [2.45, 2.75) is 13.8 Å². The Labute approximate surface area is 115 Å². The van der Waals surface area contributed by atoms with Gasteiger partial charge in [0.2, 0.25) is 0 Å². The first-order chi connectivity index (χ1) is 8.65. The Balaban J connectivity index is 2.26. The Morgan fingerprint density at radius 1 is 1.00 bits per heavy atom. The topological polar surface area (TPSA) is 15.8 Å². The number of halogens is 1. The lowest BCUT2D eigenvalue weighted by Crippen LogP contribution is -1.80. The molecule has 3 rings (SSSR count). The van der Waals surface area contributed by atoms with Gasteiger partial charge >= 0.3 is 0 Å². The second kappa shape index (κ2) is 4.29. The van der Waals surface area contributed by atoms with Crippen molar-refractivity contribution in [1.82, 2.24) is 4.98 Å². The lowest BCUT2D eigenvalue weighted by atomic mass is 10.1. The normalized spacial score (nSPS) is 11.1. The van der Waals surface area contributed by atoms with Gasteiger partial charge in [-0.2, -0.15) is 0 Å². The zero-order chi connectivity index (χ0) is 12.7. The van der Waals surface area contributed by atoms with Crippen LogP contribution in [0.4, 0.5) is 0 Å². The van der Waals surface area contributed by atoms with E-state index >= 15 is 0 Å². The molecule has 1 aromatic heterocycles. The second-order valence-corrected chi connectivity index (χ2v) is 5.56. The van der Waals surface area contributed by atoms with E-state index < -0.39 is 0 Å². The van der Waals surface area contributed by atoms with Gasteiger partial charge in [-0.05, 0) is 37.6 Å². The number of nitrogens with one attached hydrogen (secondary N) is 1. The summed E-state index contributed by atoms with van der Waals surface area (Å²) in [5, 5.41) is 1.28. The maximum absolute atomic E-state index is 3.60. The number of H-pyrrole nitrogens is 1. The fourth-order valence-electron chi connectivity index (χ4n) is 2.44. The molecule has 0 bridgehead atoms. The minimum atomic E-state index is 1.12. The fourth-order valence-corrected chi connectivity index (χ4v) is 2.93. The number of hydrogen-bond acceptors (Lipinski definition) is 0. The summed E-state index contributed by atoms with van der Waals surface area (Å²) in [6.07, 6.45) is 0. The van der Waals surface area contributed by atoms with Gasteiger partial charge in [-0.25, -0.2) is 0 Å². The van der Waals surface area contributed by atoms with Crippen LogP contribution in [0, 0.1) is 13.8 Å². The molecule has 1 heterocycles. The van der Waals surface area contributed by atoms with E-state index in [9.17, 15) is 0 Å². The molecular formula is C16H14BrN. The van der Waals surface area contributed by atoms with Gasteiger partial charge in [-0.1, -0.05) is 45.8 Å². The van der Waals surface area contributed by atoms with Gasteiger partial charge in [0.25, 0.3) is 0 Å². The summed E-state index contributed by atoms with van der Waals surface area (Å²) in [5.41, 5.74) is 6.18. The monoisotopic (exact) mass is 299 g/mol. The van der Waals surface area contributed by atoms with E-state index in [1.54, 1.807) is 0 Å². The van der Waals surface area contributed by atoms with Crippen molar-refractivity contribution in [1.29, 1.82) is 0 Å². The summed E-state index contributed by atoms with van der Waals surface area (Å²) in [6, 6.07) is 14.9. The van der Waals surface area contributed by atoms with Crippen LogP contribution in [-0.4, -0.2) is 4.98 Å². The average Bonchev–Trinajstić information content (AvgIpc) is 2.73. The van der Waals surface area contributed by atoms with E-state index in [1.807, 2.05) is 6.07 Å². The highest BCUT2D eigenvalue weighted by Crippen LogP contribution is 2.31. The maximum Gasteiger partial charge on any atom is 0.0488 e. The van der Waals surface area contributed by atoms with Gasteiger partial charge in [0.05, 0.1) is 0 Å². The van der Waals surface area contributed by atoms with Crippen LogP contribution in [0.1, 0.15) is 11.1 Å². The molecule has 0 spiro atoms. The van der Waals surface area contributed by atoms with Crippen LogP contribution in [0.5, 0.6) is 0 Å². The molecular weight excluding hydrogens is 286 g/mol. The van der Waals surface area contributed by atoms with Crippen LogP contribution in [0.25, 0.3) is 22.2 Å². The molecule has 18 heavy (non-hydrogen) atoms. The van der Waals surface area contributed by atoms with Crippen LogP contribution < -0.4 is 0 Å². The van der Waals surface area contributed by atoms with Crippen molar-refractivity contribution in [3.8, 4) is 11.3 Å². The van der Waals surface area contributed by atoms with Crippen LogP contribution in [0.15, 0.2) is 46.9 Å². The predicted molar refractivity (Wildman–Crippen MR) is 80.9 cm³/mol. The van der Waals surface area contributed by atoms with E-state index in [0.29, 0.717) is 0 Å². The number of hydrogen-bond donors (Lipinski definition) is 1. The molecule has 0 aliphatic rings. The zero-order valence-corrected chi connectivity index (χ0v) is 12.0. The molecule has 1 N–H and O–H groups in total. The van der Waals surface area contributed by atoms with E-state index in [0.717, 1.165) is 10.2 Å². The van der Waals surface area contributed by atoms with Gasteiger partial charge in [-0.3, -0.25) is 0 Å². The molecule has 2 aromatic carbocycles. The van der Waals surface area contributed by atoms with Crippen molar-refractivity contribution in [3.63, 3.8) is 0 Å². The molecule has 90 valence electrons. The van der Waals surface area contributed by atoms with Crippen LogP contribution >= 0.6 is 15.9 Å². The van der Waals surface area contributed by atoms with E-state index in [2.05, 4.69) is 71.2 Å². The quantitative estimate of drug-likeness (QED) is 0.634. The Morgan fingerprint density at radius 2 is 1.78 bits per heavy atom. The lowest BCUT2D eigenvalue weighted by Gasteiger charge is -2.00. The lowest BCUT2D eigenvalue weighted by molar-refractivity contribution is 1.38. The number of aryl methyl sites for hydroxylation is 2. The third-order valence-electron chi connectivity index (χ3n) is 3.23. The van der Waals surface area contributed by atoms with Crippen molar-refractivity contribution < 1.29 is 0 Å². The average molecular weight is 300 g/mol. The summed E-state index contributed by atoms with van der Waals surface area (Å²) in [4.78, 5) is 3.52. The molecule has 0 fully saturated rings. The van der Waals surface area contributed by atoms with Gasteiger partial charge in [0.15, 0.2) is 0 Å². The molecule has 0 aliphatic carbocycles. The Morgan fingerprint density at radius 3 is 2.56 bits per heavy atom. The molecule has 2 heteroatoms. The van der Waals surface area contributed by atoms with Gasteiger partial charge in [0.1, 0.15) is 0 Å². The van der Waals surface area contributed by atoms with Gasteiger partial charge < -0.3 is 4.98 Å². The molecule has 0 radical (unpaired) electrons. The molecule has 0 aliphatic heterocycles. The number of aromatic amines is 1. The van der Waals surface area contributed by atoms with Crippen molar-refractivity contribution in [3.05, 3.63) is 58.1 Å². The first kappa shape index (κ1) is 11.5. The highest BCUT2D eigenvalue weighted by atomic mass is 79.9. The van der Waals surface area contributed by atoms with Crippen LogP contribution in [0.3, 0.4) is 0 Å². The number of fused-ring (bicyclic) bond motifs is 1. The smallest absolute Gasteiger partial charge is 0.0488 e. The predicted octanol–water partition coefficient (Wildman–Crippen LogP) is 5.21. The molecule has 1 nitrogen and oxygen atoms in total. The van der Waals surface area contributed by atoms with E-state index in [-0.39, 0.29) is 0 Å². The molecule has 3 aromatic rings. The molecule has 0 amide bonds. The summed E-state index contributed by atoms with van der Waals surface area (Å²) < 4.78 is 1.12. The minimum absolute atomic E-state index is 1.12. The molecule has 0 saturated carbocycles.